The molecule has 0 saturated heterocycles. The second-order valence-electron chi connectivity index (χ2n) is 8.38. The van der Waals surface area contributed by atoms with Crippen molar-refractivity contribution in [2.75, 3.05) is 0 Å². The minimum Gasteiger partial charge on any atom is -0.361 e. The van der Waals surface area contributed by atoms with E-state index in [0.717, 1.165) is 50.4 Å². The van der Waals surface area contributed by atoms with Crippen molar-refractivity contribution < 1.29 is 9.32 Å². The summed E-state index contributed by atoms with van der Waals surface area (Å²) in [6.07, 6.45) is 7.93. The fourth-order valence-corrected chi connectivity index (χ4v) is 4.36. The van der Waals surface area contributed by atoms with E-state index >= 15 is 0 Å². The molecule has 1 atom stereocenters. The number of hydrogen-bond acceptors (Lipinski definition) is 6. The van der Waals surface area contributed by atoms with Crippen LogP contribution in [-0.4, -0.2) is 30.5 Å². The molecule has 0 unspecified atom stereocenters. The molecule has 0 radical (unpaired) electrons. The summed E-state index contributed by atoms with van der Waals surface area (Å²) in [7, 11) is 0. The Balaban J connectivity index is 0.00000289. The third kappa shape index (κ3) is 4.25. The average molecular weight is 468 g/mol. The van der Waals surface area contributed by atoms with E-state index in [4.69, 9.17) is 9.51 Å². The lowest BCUT2D eigenvalue weighted by atomic mass is 10.0. The number of rotatable bonds is 6. The molecule has 35 heavy (non-hydrogen) atoms. The van der Waals surface area contributed by atoms with Gasteiger partial charge in [0.1, 0.15) is 11.5 Å². The Hall–Kier alpha value is -4.13. The smallest absolute Gasteiger partial charge is 0.180 e. The van der Waals surface area contributed by atoms with Gasteiger partial charge in [-0.2, -0.15) is 0 Å². The Morgan fingerprint density at radius 2 is 1.86 bits per heavy atom. The molecule has 0 fully saturated rings. The lowest BCUT2D eigenvalue weighted by Crippen LogP contribution is -2.07. The zero-order chi connectivity index (χ0) is 23.8. The number of nitrogens with zero attached hydrogens (tertiary/aromatic N) is 5. The molecular formula is C28H29N5O2. The summed E-state index contributed by atoms with van der Waals surface area (Å²) in [4.78, 5) is 25.9. The molecule has 0 aromatic carbocycles. The first-order valence-electron chi connectivity index (χ1n) is 11.3. The number of aromatic nitrogens is 5. The summed E-state index contributed by atoms with van der Waals surface area (Å²) in [5.74, 6) is 0.787. The molecule has 0 aliphatic heterocycles. The summed E-state index contributed by atoms with van der Waals surface area (Å²) in [5, 5.41) is 4.10. The van der Waals surface area contributed by atoms with Gasteiger partial charge < -0.3 is 9.09 Å². The number of pyridine rings is 3. The highest BCUT2D eigenvalue weighted by Gasteiger charge is 2.20. The molecule has 7 nitrogen and oxygen atoms in total. The molecule has 5 heterocycles. The summed E-state index contributed by atoms with van der Waals surface area (Å²) in [6.45, 7) is 7.80. The van der Waals surface area contributed by atoms with Gasteiger partial charge in [0.15, 0.2) is 5.78 Å². The molecule has 0 spiro atoms. The van der Waals surface area contributed by atoms with Crippen molar-refractivity contribution in [3.63, 3.8) is 0 Å². The van der Waals surface area contributed by atoms with Crippen LogP contribution >= 0.6 is 0 Å². The summed E-state index contributed by atoms with van der Waals surface area (Å²) >= 11 is 0. The van der Waals surface area contributed by atoms with Gasteiger partial charge in [0.05, 0.1) is 28.5 Å². The van der Waals surface area contributed by atoms with E-state index in [9.17, 15) is 4.79 Å². The van der Waals surface area contributed by atoms with Crippen molar-refractivity contribution in [1.82, 2.24) is 24.7 Å². The zero-order valence-electron chi connectivity index (χ0n) is 19.6. The number of fused-ring (bicyclic) bond motifs is 1. The Bertz CT molecular complexity index is 1460. The topological polar surface area (TPSA) is 86.7 Å². The predicted molar refractivity (Wildman–Crippen MR) is 137 cm³/mol. The van der Waals surface area contributed by atoms with Crippen LogP contribution in [0.2, 0.25) is 0 Å². The van der Waals surface area contributed by atoms with Gasteiger partial charge in [-0.25, -0.2) is 0 Å². The molecular weight excluding hydrogens is 438 g/mol. The van der Waals surface area contributed by atoms with Gasteiger partial charge >= 0.3 is 0 Å². The van der Waals surface area contributed by atoms with Crippen molar-refractivity contribution in [3.05, 3.63) is 84.0 Å². The van der Waals surface area contributed by atoms with Crippen LogP contribution in [0.3, 0.4) is 0 Å². The number of Topliss-reactive ketones (excluding diaryl/α,β-unsaturated/α-hetero) is 1. The van der Waals surface area contributed by atoms with Gasteiger partial charge in [-0.3, -0.25) is 19.7 Å². The second kappa shape index (κ2) is 9.62. The van der Waals surface area contributed by atoms with Crippen LogP contribution < -0.4 is 0 Å². The van der Waals surface area contributed by atoms with Crippen molar-refractivity contribution in [2.24, 2.45) is 0 Å². The van der Waals surface area contributed by atoms with E-state index in [1.165, 1.54) is 0 Å². The van der Waals surface area contributed by atoms with Gasteiger partial charge in [0.25, 0.3) is 0 Å². The third-order valence-corrected chi connectivity index (χ3v) is 6.21. The maximum Gasteiger partial charge on any atom is 0.180 e. The van der Waals surface area contributed by atoms with Crippen LogP contribution in [0.25, 0.3) is 33.3 Å². The van der Waals surface area contributed by atoms with E-state index in [2.05, 4.69) is 38.9 Å². The first-order chi connectivity index (χ1) is 16.5. The highest BCUT2D eigenvalue weighted by molar-refractivity contribution is 5.97. The third-order valence-electron chi connectivity index (χ3n) is 6.21. The number of ketones is 1. The van der Waals surface area contributed by atoms with Crippen molar-refractivity contribution in [3.8, 4) is 22.3 Å². The summed E-state index contributed by atoms with van der Waals surface area (Å²) in [5.41, 5.74) is 7.85. The highest BCUT2D eigenvalue weighted by Crippen LogP contribution is 2.36. The van der Waals surface area contributed by atoms with Gasteiger partial charge in [0.2, 0.25) is 0 Å². The molecule has 178 valence electrons. The van der Waals surface area contributed by atoms with E-state index < -0.39 is 0 Å². The van der Waals surface area contributed by atoms with Crippen molar-refractivity contribution in [2.45, 2.75) is 47.6 Å². The minimum atomic E-state index is -0.0203. The molecule has 7 heteroatoms. The predicted octanol–water partition coefficient (Wildman–Crippen LogP) is 6.60. The molecule has 5 aromatic rings. The number of aryl methyl sites for hydroxylation is 2. The standard InChI is InChI=1S/C27H25N5O2.CH4/c1-5-25(33)23-10-9-19(13-29-23)21-15-32(17(3)22-8-6-7-11-28-22)24-12-20(14-30-27(21)24)26-16(2)31-34-18(26)4;/h6-15,17H,5H2,1-4H3;1H4/t17-;/m0./s1. The molecule has 5 aromatic heterocycles. The van der Waals surface area contributed by atoms with Gasteiger partial charge in [-0.1, -0.05) is 31.6 Å². The lowest BCUT2D eigenvalue weighted by molar-refractivity contribution is 0.0983. The SMILES string of the molecule is C.CCC(=O)c1ccc(-c2cn([C@@H](C)c3ccccn3)c3cc(-c4c(C)noc4C)cnc23)cn1. The Kier molecular flexibility index (Phi) is 6.60. The molecule has 0 bridgehead atoms. The fraction of sp³-hybridized carbons (Fsp3) is 0.250. The largest absolute Gasteiger partial charge is 0.361 e. The van der Waals surface area contributed by atoms with Crippen molar-refractivity contribution >= 4 is 16.8 Å². The van der Waals surface area contributed by atoms with Crippen LogP contribution in [0.5, 0.6) is 0 Å². The second-order valence-corrected chi connectivity index (χ2v) is 8.38. The van der Waals surface area contributed by atoms with E-state index in [1.807, 2.05) is 51.2 Å². The monoisotopic (exact) mass is 467 g/mol. The summed E-state index contributed by atoms with van der Waals surface area (Å²) < 4.78 is 7.58. The first kappa shape index (κ1) is 24.0. The molecule has 0 saturated carbocycles. The zero-order valence-corrected chi connectivity index (χ0v) is 19.6. The van der Waals surface area contributed by atoms with E-state index in [1.54, 1.807) is 18.5 Å². The van der Waals surface area contributed by atoms with Gasteiger partial charge in [-0.05, 0) is 45.0 Å². The Morgan fingerprint density at radius 1 is 1.06 bits per heavy atom. The van der Waals surface area contributed by atoms with Crippen LogP contribution in [0, 0.1) is 13.8 Å². The van der Waals surface area contributed by atoms with E-state index in [-0.39, 0.29) is 19.3 Å². The normalized spacial score (nSPS) is 11.9. The Labute approximate surface area is 204 Å². The summed E-state index contributed by atoms with van der Waals surface area (Å²) in [6, 6.07) is 11.8. The minimum absolute atomic E-state index is 0. The maximum atomic E-state index is 12.0. The van der Waals surface area contributed by atoms with Crippen LogP contribution in [0.15, 0.2) is 65.7 Å². The van der Waals surface area contributed by atoms with Crippen LogP contribution in [-0.2, 0) is 0 Å². The molecule has 0 aliphatic rings. The van der Waals surface area contributed by atoms with Gasteiger partial charge in [-0.15, -0.1) is 0 Å². The van der Waals surface area contributed by atoms with Crippen LogP contribution in [0.1, 0.15) is 61.4 Å². The van der Waals surface area contributed by atoms with Crippen LogP contribution in [0.4, 0.5) is 0 Å². The highest BCUT2D eigenvalue weighted by atomic mass is 16.5. The molecule has 0 amide bonds. The van der Waals surface area contributed by atoms with Crippen molar-refractivity contribution in [1.29, 1.82) is 0 Å². The van der Waals surface area contributed by atoms with E-state index in [0.29, 0.717) is 12.1 Å². The quantitative estimate of drug-likeness (QED) is 0.261. The first-order valence-corrected chi connectivity index (χ1v) is 11.3. The molecule has 5 rings (SSSR count). The average Bonchev–Trinajstić information content (AvgIpc) is 3.42. The number of carbonyl (C=O) groups excluding carboxylic acids is 1. The number of hydrogen-bond donors (Lipinski definition) is 0. The number of carbonyl (C=O) groups is 1. The molecule has 0 aliphatic carbocycles. The fourth-order valence-electron chi connectivity index (χ4n) is 4.36. The lowest BCUT2D eigenvalue weighted by Gasteiger charge is -2.15. The maximum absolute atomic E-state index is 12.0. The Morgan fingerprint density at radius 3 is 2.49 bits per heavy atom. The van der Waals surface area contributed by atoms with Gasteiger partial charge in [0, 0.05) is 53.5 Å². The molecule has 0 N–H and O–H groups in total.